The molecule has 2 N–H and O–H groups in total. The number of aliphatic imine (C=N–C) groups is 1. The van der Waals surface area contributed by atoms with Crippen LogP contribution in [0.4, 0.5) is 0 Å². The van der Waals surface area contributed by atoms with E-state index in [1.54, 1.807) is 7.05 Å². The highest BCUT2D eigenvalue weighted by molar-refractivity contribution is 5.85. The maximum Gasteiger partial charge on any atom is 0.0882 e. The first-order valence-corrected chi connectivity index (χ1v) is 7.00. The number of hydrogen-bond donors (Lipinski definition) is 2. The molecule has 0 radical (unpaired) electrons. The fourth-order valence-corrected chi connectivity index (χ4v) is 1.70. The van der Waals surface area contributed by atoms with Gasteiger partial charge < -0.3 is 10.7 Å². The van der Waals surface area contributed by atoms with Crippen LogP contribution in [0.25, 0.3) is 0 Å². The molecule has 0 saturated heterocycles. The Hall–Kier alpha value is -1.68. The van der Waals surface area contributed by atoms with Crippen molar-refractivity contribution in [3.63, 3.8) is 0 Å². The van der Waals surface area contributed by atoms with Gasteiger partial charge in [0, 0.05) is 19.5 Å². The van der Waals surface area contributed by atoms with Gasteiger partial charge in [-0.15, -0.1) is 0 Å². The fraction of sp³-hybridized carbons (Fsp3) is 0.500. The summed E-state index contributed by atoms with van der Waals surface area (Å²) in [5.74, 6) is 0.399. The predicted octanol–water partition coefficient (Wildman–Crippen LogP) is 2.91. The molecular formula is C16H28N4. The maximum atomic E-state index is 4.36. The molecule has 4 heteroatoms. The van der Waals surface area contributed by atoms with Gasteiger partial charge in [-0.3, -0.25) is 4.99 Å². The maximum absolute atomic E-state index is 4.36. The molecule has 1 unspecified atom stereocenters. The van der Waals surface area contributed by atoms with Gasteiger partial charge in [0.1, 0.15) is 0 Å². The summed E-state index contributed by atoms with van der Waals surface area (Å²) >= 11 is 0. The molecule has 4 nitrogen and oxygen atoms in total. The number of hydrazone groups is 1. The van der Waals surface area contributed by atoms with Crippen LogP contribution >= 0.6 is 0 Å². The molecular weight excluding hydrogens is 248 g/mol. The van der Waals surface area contributed by atoms with E-state index in [0.29, 0.717) is 12.6 Å². The van der Waals surface area contributed by atoms with Gasteiger partial charge in [-0.1, -0.05) is 31.2 Å². The van der Waals surface area contributed by atoms with Crippen LogP contribution in [0.15, 0.2) is 45.5 Å². The zero-order valence-electron chi connectivity index (χ0n) is 13.4. The molecule has 0 aliphatic carbocycles. The molecule has 0 saturated carbocycles. The Morgan fingerprint density at radius 1 is 1.15 bits per heavy atom. The summed E-state index contributed by atoms with van der Waals surface area (Å²) in [6.45, 7) is 6.86. The second-order valence-corrected chi connectivity index (χ2v) is 4.47. The lowest BCUT2D eigenvalue weighted by atomic mass is 10.0. The molecule has 0 rings (SSSR count). The molecule has 0 aromatic carbocycles. The Labute approximate surface area is 123 Å². The first-order chi connectivity index (χ1) is 9.67. The lowest BCUT2D eigenvalue weighted by Gasteiger charge is -2.06. The quantitative estimate of drug-likeness (QED) is 0.386. The third kappa shape index (κ3) is 9.28. The van der Waals surface area contributed by atoms with Crippen molar-refractivity contribution in [1.29, 1.82) is 0 Å². The standard InChI is InChI=1S/C16H28N4/c1-6-8-14(3)9-16(11-19-13-17-4)10-15(7-2)12-20-18-5/h6-9,11-12,14,17-18H,10,13H2,1-5H3/b8-6+,15-7-,16-9-,19-11?,20-12-. The average molecular weight is 276 g/mol. The van der Waals surface area contributed by atoms with Gasteiger partial charge in [0.05, 0.1) is 6.67 Å². The van der Waals surface area contributed by atoms with Crippen LogP contribution < -0.4 is 10.7 Å². The van der Waals surface area contributed by atoms with Crippen molar-refractivity contribution in [3.05, 3.63) is 35.5 Å². The Balaban J connectivity index is 4.97. The van der Waals surface area contributed by atoms with E-state index in [4.69, 9.17) is 0 Å². The Bertz CT molecular complexity index is 389. The van der Waals surface area contributed by atoms with Crippen LogP contribution in [-0.2, 0) is 0 Å². The summed E-state index contributed by atoms with van der Waals surface area (Å²) in [5.41, 5.74) is 5.13. The van der Waals surface area contributed by atoms with Gasteiger partial charge in [-0.2, -0.15) is 5.10 Å². The fourth-order valence-electron chi connectivity index (χ4n) is 1.70. The third-order valence-corrected chi connectivity index (χ3v) is 2.62. The van der Waals surface area contributed by atoms with Crippen LogP contribution in [0.1, 0.15) is 27.2 Å². The summed E-state index contributed by atoms with van der Waals surface area (Å²) in [7, 11) is 3.68. The van der Waals surface area contributed by atoms with Crippen molar-refractivity contribution in [2.75, 3.05) is 20.8 Å². The van der Waals surface area contributed by atoms with Gasteiger partial charge in [-0.05, 0) is 44.4 Å². The number of nitrogens with zero attached hydrogens (tertiary/aromatic N) is 2. The van der Waals surface area contributed by atoms with E-state index in [9.17, 15) is 0 Å². The van der Waals surface area contributed by atoms with E-state index in [0.717, 1.165) is 12.0 Å². The highest BCUT2D eigenvalue weighted by Gasteiger charge is 2.01. The molecule has 20 heavy (non-hydrogen) atoms. The third-order valence-electron chi connectivity index (χ3n) is 2.62. The molecule has 0 aliphatic heterocycles. The summed E-state index contributed by atoms with van der Waals surface area (Å²) in [5, 5.41) is 7.08. The SMILES string of the molecule is C/C=C(\C=N/NC)C/C(C=NCNC)=C/C(C)/C=C/C. The van der Waals surface area contributed by atoms with Gasteiger partial charge in [0.15, 0.2) is 0 Å². The molecule has 0 amide bonds. The summed E-state index contributed by atoms with van der Waals surface area (Å²) in [4.78, 5) is 4.36. The molecule has 0 heterocycles. The largest absolute Gasteiger partial charge is 0.313 e. The number of nitrogens with one attached hydrogen (secondary N) is 2. The number of rotatable bonds is 9. The minimum absolute atomic E-state index is 0.399. The second-order valence-electron chi connectivity index (χ2n) is 4.47. The topological polar surface area (TPSA) is 48.8 Å². The summed E-state index contributed by atoms with van der Waals surface area (Å²) in [6, 6.07) is 0. The Morgan fingerprint density at radius 2 is 1.90 bits per heavy atom. The van der Waals surface area contributed by atoms with Crippen LogP contribution in [0, 0.1) is 5.92 Å². The molecule has 0 aliphatic rings. The van der Waals surface area contributed by atoms with E-state index in [1.807, 2.05) is 33.3 Å². The van der Waals surface area contributed by atoms with Crippen LogP contribution in [0.5, 0.6) is 0 Å². The molecule has 0 aromatic heterocycles. The van der Waals surface area contributed by atoms with Gasteiger partial charge in [-0.25, -0.2) is 0 Å². The first kappa shape index (κ1) is 18.3. The smallest absolute Gasteiger partial charge is 0.0882 e. The normalized spacial score (nSPS) is 15.7. The predicted molar refractivity (Wildman–Crippen MR) is 90.4 cm³/mol. The Kier molecular flexibility index (Phi) is 11.3. The molecule has 0 bridgehead atoms. The molecule has 0 fully saturated rings. The molecule has 0 aromatic rings. The van der Waals surface area contributed by atoms with E-state index in [1.165, 1.54) is 5.57 Å². The van der Waals surface area contributed by atoms with Gasteiger partial charge >= 0.3 is 0 Å². The van der Waals surface area contributed by atoms with E-state index in [-0.39, 0.29) is 0 Å². The summed E-state index contributed by atoms with van der Waals surface area (Å²) in [6.07, 6.45) is 13.2. The van der Waals surface area contributed by atoms with Crippen LogP contribution in [-0.4, -0.2) is 33.2 Å². The van der Waals surface area contributed by atoms with Crippen LogP contribution in [0.2, 0.25) is 0 Å². The highest BCUT2D eigenvalue weighted by atomic mass is 15.3. The van der Waals surface area contributed by atoms with Crippen molar-refractivity contribution in [2.24, 2.45) is 16.0 Å². The molecule has 112 valence electrons. The minimum Gasteiger partial charge on any atom is -0.313 e. The van der Waals surface area contributed by atoms with Crippen LogP contribution in [0.3, 0.4) is 0 Å². The number of allylic oxidation sites excluding steroid dienone is 6. The van der Waals surface area contributed by atoms with E-state index >= 15 is 0 Å². The van der Waals surface area contributed by atoms with Crippen molar-refractivity contribution in [1.82, 2.24) is 10.7 Å². The van der Waals surface area contributed by atoms with Gasteiger partial charge in [0.2, 0.25) is 0 Å². The summed E-state index contributed by atoms with van der Waals surface area (Å²) < 4.78 is 0. The highest BCUT2D eigenvalue weighted by Crippen LogP contribution is 2.12. The zero-order valence-corrected chi connectivity index (χ0v) is 13.4. The zero-order chi connectivity index (χ0) is 15.2. The number of hydrogen-bond acceptors (Lipinski definition) is 4. The lowest BCUT2D eigenvalue weighted by Crippen LogP contribution is -2.05. The average Bonchev–Trinajstić information content (AvgIpc) is 2.43. The monoisotopic (exact) mass is 276 g/mol. The van der Waals surface area contributed by atoms with Crippen molar-refractivity contribution >= 4 is 12.4 Å². The molecule has 0 spiro atoms. The van der Waals surface area contributed by atoms with E-state index < -0.39 is 0 Å². The van der Waals surface area contributed by atoms with E-state index in [2.05, 4.69) is 52.1 Å². The Morgan fingerprint density at radius 3 is 2.45 bits per heavy atom. The second kappa shape index (κ2) is 12.4. The molecule has 1 atom stereocenters. The van der Waals surface area contributed by atoms with Crippen molar-refractivity contribution in [3.8, 4) is 0 Å². The van der Waals surface area contributed by atoms with Crippen molar-refractivity contribution in [2.45, 2.75) is 27.2 Å². The first-order valence-electron chi connectivity index (χ1n) is 7.00. The van der Waals surface area contributed by atoms with Gasteiger partial charge in [0.25, 0.3) is 0 Å². The minimum atomic E-state index is 0.399. The lowest BCUT2D eigenvalue weighted by molar-refractivity contribution is 0.836. The van der Waals surface area contributed by atoms with Crippen molar-refractivity contribution < 1.29 is 0 Å².